The minimum absolute atomic E-state index is 0.0592. The van der Waals surface area contributed by atoms with Gasteiger partial charge in [-0.1, -0.05) is 6.07 Å². The fourth-order valence-corrected chi connectivity index (χ4v) is 3.13. The first kappa shape index (κ1) is 14.2. The SMILES string of the molecule is CN(C)CC1CCCCN1C(=O)c1cccc2c1OCO2. The van der Waals surface area contributed by atoms with Crippen LogP contribution < -0.4 is 9.47 Å². The van der Waals surface area contributed by atoms with Crippen molar-refractivity contribution in [3.8, 4) is 11.5 Å². The van der Waals surface area contributed by atoms with Gasteiger partial charge in [0.2, 0.25) is 6.79 Å². The average Bonchev–Trinajstić information content (AvgIpc) is 2.95. The van der Waals surface area contributed by atoms with Crippen LogP contribution in [-0.2, 0) is 0 Å². The largest absolute Gasteiger partial charge is 0.454 e. The normalized spacial score (nSPS) is 20.9. The quantitative estimate of drug-likeness (QED) is 0.853. The summed E-state index contributed by atoms with van der Waals surface area (Å²) in [4.78, 5) is 17.1. The zero-order valence-electron chi connectivity index (χ0n) is 12.7. The average molecular weight is 290 g/mol. The number of ether oxygens (including phenoxy) is 2. The Labute approximate surface area is 125 Å². The molecule has 0 spiro atoms. The van der Waals surface area contributed by atoms with Crippen LogP contribution in [0.25, 0.3) is 0 Å². The molecule has 2 aliphatic heterocycles. The topological polar surface area (TPSA) is 42.0 Å². The Morgan fingerprint density at radius 1 is 1.33 bits per heavy atom. The number of likely N-dealkylation sites (N-methyl/N-ethyl adjacent to an activating group) is 1. The van der Waals surface area contributed by atoms with Crippen LogP contribution in [-0.4, -0.2) is 55.7 Å². The molecule has 0 aromatic heterocycles. The van der Waals surface area contributed by atoms with Gasteiger partial charge in [-0.2, -0.15) is 0 Å². The van der Waals surface area contributed by atoms with Crippen molar-refractivity contribution in [1.82, 2.24) is 9.80 Å². The summed E-state index contributed by atoms with van der Waals surface area (Å²) in [5.74, 6) is 1.32. The van der Waals surface area contributed by atoms with Gasteiger partial charge in [-0.25, -0.2) is 0 Å². The highest BCUT2D eigenvalue weighted by Crippen LogP contribution is 2.36. The number of likely N-dealkylation sites (tertiary alicyclic amines) is 1. The van der Waals surface area contributed by atoms with Gasteiger partial charge in [0, 0.05) is 19.1 Å². The minimum atomic E-state index is 0.0592. The van der Waals surface area contributed by atoms with Crippen molar-refractivity contribution in [3.05, 3.63) is 23.8 Å². The summed E-state index contributed by atoms with van der Waals surface area (Å²) in [6.07, 6.45) is 3.33. The van der Waals surface area contributed by atoms with Gasteiger partial charge in [0.25, 0.3) is 5.91 Å². The molecule has 0 aliphatic carbocycles. The Bertz CT molecular complexity index is 530. The third-order valence-corrected chi connectivity index (χ3v) is 4.09. The number of rotatable bonds is 3. The molecule has 2 heterocycles. The molecule has 0 saturated carbocycles. The van der Waals surface area contributed by atoms with Crippen molar-refractivity contribution < 1.29 is 14.3 Å². The predicted molar refractivity (Wildman–Crippen MR) is 79.8 cm³/mol. The molecule has 5 nitrogen and oxygen atoms in total. The molecule has 1 aromatic rings. The van der Waals surface area contributed by atoms with E-state index in [-0.39, 0.29) is 18.7 Å². The van der Waals surface area contributed by atoms with Crippen LogP contribution >= 0.6 is 0 Å². The lowest BCUT2D eigenvalue weighted by Crippen LogP contribution is -2.48. The Hall–Kier alpha value is -1.75. The maximum absolute atomic E-state index is 12.9. The van der Waals surface area contributed by atoms with E-state index in [1.807, 2.05) is 23.1 Å². The molecule has 3 rings (SSSR count). The Kier molecular flexibility index (Phi) is 4.01. The standard InChI is InChI=1S/C16H22N2O3/c1-17(2)10-12-6-3-4-9-18(12)16(19)13-7-5-8-14-15(13)21-11-20-14/h5,7-8,12H,3-4,6,9-11H2,1-2H3. The van der Waals surface area contributed by atoms with E-state index in [0.717, 1.165) is 25.9 Å². The fourth-order valence-electron chi connectivity index (χ4n) is 3.13. The molecule has 114 valence electrons. The Balaban J connectivity index is 1.85. The molecule has 1 atom stereocenters. The minimum Gasteiger partial charge on any atom is -0.454 e. The van der Waals surface area contributed by atoms with Gasteiger partial charge in [-0.15, -0.1) is 0 Å². The van der Waals surface area contributed by atoms with Crippen LogP contribution in [0.4, 0.5) is 0 Å². The maximum Gasteiger partial charge on any atom is 0.258 e. The predicted octanol–water partition coefficient (Wildman–Crippen LogP) is 1.97. The second-order valence-electron chi connectivity index (χ2n) is 5.95. The van der Waals surface area contributed by atoms with E-state index >= 15 is 0 Å². The maximum atomic E-state index is 12.9. The molecule has 2 aliphatic rings. The van der Waals surface area contributed by atoms with Gasteiger partial charge in [0.05, 0.1) is 5.56 Å². The van der Waals surface area contributed by atoms with E-state index < -0.39 is 0 Å². The monoisotopic (exact) mass is 290 g/mol. The number of nitrogens with zero attached hydrogens (tertiary/aromatic N) is 2. The van der Waals surface area contributed by atoms with Gasteiger partial charge in [-0.05, 0) is 45.5 Å². The summed E-state index contributed by atoms with van der Waals surface area (Å²) in [5, 5.41) is 0. The highest BCUT2D eigenvalue weighted by atomic mass is 16.7. The molecule has 1 saturated heterocycles. The first-order valence-corrected chi connectivity index (χ1v) is 7.51. The number of hydrogen-bond donors (Lipinski definition) is 0. The number of para-hydroxylation sites is 1. The zero-order valence-corrected chi connectivity index (χ0v) is 12.7. The van der Waals surface area contributed by atoms with Gasteiger partial charge in [-0.3, -0.25) is 4.79 Å². The second-order valence-corrected chi connectivity index (χ2v) is 5.95. The Morgan fingerprint density at radius 2 is 2.19 bits per heavy atom. The number of fused-ring (bicyclic) bond motifs is 1. The van der Waals surface area contributed by atoms with Crippen molar-refractivity contribution in [2.24, 2.45) is 0 Å². The van der Waals surface area contributed by atoms with Gasteiger partial charge < -0.3 is 19.3 Å². The van der Waals surface area contributed by atoms with E-state index in [1.165, 1.54) is 6.42 Å². The summed E-state index contributed by atoms with van der Waals surface area (Å²) in [5.41, 5.74) is 0.621. The summed E-state index contributed by atoms with van der Waals surface area (Å²) in [7, 11) is 4.10. The molecule has 5 heteroatoms. The van der Waals surface area contributed by atoms with E-state index in [9.17, 15) is 4.79 Å². The molecular formula is C16H22N2O3. The number of carbonyl (C=O) groups is 1. The van der Waals surface area contributed by atoms with Crippen molar-refractivity contribution in [3.63, 3.8) is 0 Å². The molecular weight excluding hydrogens is 268 g/mol. The lowest BCUT2D eigenvalue weighted by atomic mass is 10.00. The number of amides is 1. The van der Waals surface area contributed by atoms with Crippen molar-refractivity contribution in [1.29, 1.82) is 0 Å². The molecule has 0 N–H and O–H groups in total. The third-order valence-electron chi connectivity index (χ3n) is 4.09. The molecule has 0 bridgehead atoms. The van der Waals surface area contributed by atoms with Crippen LogP contribution in [0.2, 0.25) is 0 Å². The number of carbonyl (C=O) groups excluding carboxylic acids is 1. The highest BCUT2D eigenvalue weighted by Gasteiger charge is 2.31. The molecule has 21 heavy (non-hydrogen) atoms. The third kappa shape index (κ3) is 2.83. The molecule has 1 aromatic carbocycles. The summed E-state index contributed by atoms with van der Waals surface area (Å²) >= 11 is 0. The van der Waals surface area contributed by atoms with Crippen molar-refractivity contribution in [2.45, 2.75) is 25.3 Å². The molecule has 1 amide bonds. The van der Waals surface area contributed by atoms with Gasteiger partial charge in [0.15, 0.2) is 11.5 Å². The van der Waals surface area contributed by atoms with Crippen molar-refractivity contribution in [2.75, 3.05) is 34.0 Å². The van der Waals surface area contributed by atoms with Crippen LogP contribution in [0, 0.1) is 0 Å². The number of hydrogen-bond acceptors (Lipinski definition) is 4. The van der Waals surface area contributed by atoms with E-state index in [0.29, 0.717) is 17.1 Å². The van der Waals surface area contributed by atoms with Crippen molar-refractivity contribution >= 4 is 5.91 Å². The van der Waals surface area contributed by atoms with Crippen LogP contribution in [0.1, 0.15) is 29.6 Å². The summed E-state index contributed by atoms with van der Waals surface area (Å²) in [6.45, 7) is 1.92. The first-order valence-electron chi connectivity index (χ1n) is 7.51. The zero-order chi connectivity index (χ0) is 14.8. The fraction of sp³-hybridized carbons (Fsp3) is 0.562. The van der Waals surface area contributed by atoms with Crippen LogP contribution in [0.5, 0.6) is 11.5 Å². The van der Waals surface area contributed by atoms with Crippen LogP contribution in [0.3, 0.4) is 0 Å². The van der Waals surface area contributed by atoms with Crippen LogP contribution in [0.15, 0.2) is 18.2 Å². The van der Waals surface area contributed by atoms with E-state index in [1.54, 1.807) is 0 Å². The number of benzene rings is 1. The second kappa shape index (κ2) is 5.93. The lowest BCUT2D eigenvalue weighted by molar-refractivity contribution is 0.0570. The van der Waals surface area contributed by atoms with Gasteiger partial charge >= 0.3 is 0 Å². The molecule has 1 fully saturated rings. The first-order chi connectivity index (χ1) is 10.2. The molecule has 0 radical (unpaired) electrons. The van der Waals surface area contributed by atoms with E-state index in [2.05, 4.69) is 19.0 Å². The summed E-state index contributed by atoms with van der Waals surface area (Å²) in [6, 6.07) is 5.80. The number of piperidine rings is 1. The summed E-state index contributed by atoms with van der Waals surface area (Å²) < 4.78 is 10.8. The van der Waals surface area contributed by atoms with Gasteiger partial charge in [0.1, 0.15) is 0 Å². The highest BCUT2D eigenvalue weighted by molar-refractivity contribution is 5.98. The lowest BCUT2D eigenvalue weighted by Gasteiger charge is -2.37. The Morgan fingerprint density at radius 3 is 3.00 bits per heavy atom. The molecule has 1 unspecified atom stereocenters. The van der Waals surface area contributed by atoms with E-state index in [4.69, 9.17) is 9.47 Å². The smallest absolute Gasteiger partial charge is 0.258 e.